The highest BCUT2D eigenvalue weighted by molar-refractivity contribution is 7.94. The van der Waals surface area contributed by atoms with E-state index in [2.05, 4.69) is 0 Å². The van der Waals surface area contributed by atoms with Crippen LogP contribution in [0.2, 0.25) is 0 Å². The molecule has 1 aromatic carbocycles. The number of hydrogen-bond donors (Lipinski definition) is 1. The van der Waals surface area contributed by atoms with Gasteiger partial charge in [-0.15, -0.1) is 11.3 Å². The molecule has 0 radical (unpaired) electrons. The van der Waals surface area contributed by atoms with Gasteiger partial charge in [0.1, 0.15) is 4.21 Å². The second-order valence-electron chi connectivity index (χ2n) is 4.18. The number of thiophene rings is 1. The molecule has 19 heavy (non-hydrogen) atoms. The Bertz CT molecular complexity index is 663. The third kappa shape index (κ3) is 2.65. The maximum atomic E-state index is 12.5. The first-order valence-corrected chi connectivity index (χ1v) is 8.06. The summed E-state index contributed by atoms with van der Waals surface area (Å²) >= 11 is 1.23. The summed E-state index contributed by atoms with van der Waals surface area (Å²) in [7, 11) is -1.95. The zero-order chi connectivity index (χ0) is 14.0. The molecule has 0 saturated carbocycles. The Kier molecular flexibility index (Phi) is 3.93. The molecule has 0 aliphatic rings. The number of benzene rings is 1. The molecule has 0 aliphatic carbocycles. The normalized spacial score (nSPS) is 11.5. The minimum Gasteiger partial charge on any atom is -0.326 e. The molecule has 2 aromatic rings. The minimum atomic E-state index is -3.51. The summed E-state index contributed by atoms with van der Waals surface area (Å²) in [5.74, 6) is 0. The molecular formula is C13H16N2O2S2. The fraction of sp³-hybridized carbons (Fsp3) is 0.231. The van der Waals surface area contributed by atoms with Gasteiger partial charge in [0.25, 0.3) is 10.0 Å². The fourth-order valence-corrected chi connectivity index (χ4v) is 4.57. The lowest BCUT2D eigenvalue weighted by atomic mass is 10.3. The van der Waals surface area contributed by atoms with Gasteiger partial charge in [0.2, 0.25) is 0 Å². The Morgan fingerprint density at radius 1 is 1.26 bits per heavy atom. The first kappa shape index (κ1) is 14.0. The van der Waals surface area contributed by atoms with Crippen molar-refractivity contribution in [2.45, 2.75) is 17.7 Å². The summed E-state index contributed by atoms with van der Waals surface area (Å²) in [5, 5.41) is 0. The molecule has 102 valence electrons. The molecule has 0 aliphatic heterocycles. The van der Waals surface area contributed by atoms with E-state index in [-0.39, 0.29) is 0 Å². The molecule has 2 rings (SSSR count). The lowest BCUT2D eigenvalue weighted by Crippen LogP contribution is -2.25. The van der Waals surface area contributed by atoms with E-state index in [0.29, 0.717) is 16.4 Å². The van der Waals surface area contributed by atoms with Crippen LogP contribution in [0.5, 0.6) is 0 Å². The Morgan fingerprint density at radius 3 is 2.42 bits per heavy atom. The van der Waals surface area contributed by atoms with E-state index in [4.69, 9.17) is 5.73 Å². The van der Waals surface area contributed by atoms with Gasteiger partial charge in [-0.1, -0.05) is 18.2 Å². The molecule has 0 atom stereocenters. The van der Waals surface area contributed by atoms with E-state index in [1.54, 1.807) is 25.2 Å². The zero-order valence-corrected chi connectivity index (χ0v) is 12.5. The van der Waals surface area contributed by atoms with Crippen LogP contribution >= 0.6 is 11.3 Å². The maximum Gasteiger partial charge on any atom is 0.273 e. The van der Waals surface area contributed by atoms with Crippen LogP contribution < -0.4 is 10.0 Å². The van der Waals surface area contributed by atoms with Crippen LogP contribution in [-0.4, -0.2) is 15.5 Å². The number of sulfonamides is 1. The van der Waals surface area contributed by atoms with E-state index < -0.39 is 10.0 Å². The molecule has 1 aromatic heterocycles. The van der Waals surface area contributed by atoms with Gasteiger partial charge in [0.05, 0.1) is 5.69 Å². The highest BCUT2D eigenvalue weighted by atomic mass is 32.2. The van der Waals surface area contributed by atoms with Crippen LogP contribution in [0.15, 0.2) is 40.6 Å². The minimum absolute atomic E-state index is 0.330. The first-order chi connectivity index (χ1) is 8.96. The quantitative estimate of drug-likeness (QED) is 0.942. The van der Waals surface area contributed by atoms with Gasteiger partial charge in [0.15, 0.2) is 0 Å². The number of nitrogens with zero attached hydrogens (tertiary/aromatic N) is 1. The van der Waals surface area contributed by atoms with Crippen molar-refractivity contribution in [1.29, 1.82) is 0 Å². The van der Waals surface area contributed by atoms with E-state index in [1.807, 2.05) is 25.1 Å². The number of anilines is 1. The Labute approximate surface area is 117 Å². The standard InChI is InChI=1S/C13H16N2O2S2/c1-10-8-13(18-12(10)9-14)19(16,17)15(2)11-6-4-3-5-7-11/h3-8H,9,14H2,1-2H3. The van der Waals surface area contributed by atoms with Gasteiger partial charge in [-0.3, -0.25) is 4.31 Å². The third-order valence-electron chi connectivity index (χ3n) is 2.92. The second-order valence-corrected chi connectivity index (χ2v) is 7.52. The van der Waals surface area contributed by atoms with Crippen molar-refractivity contribution >= 4 is 27.0 Å². The van der Waals surface area contributed by atoms with Gasteiger partial charge >= 0.3 is 0 Å². The largest absolute Gasteiger partial charge is 0.326 e. The van der Waals surface area contributed by atoms with Crippen LogP contribution in [0, 0.1) is 6.92 Å². The monoisotopic (exact) mass is 296 g/mol. The molecule has 2 N–H and O–H groups in total. The lowest BCUT2D eigenvalue weighted by Gasteiger charge is -2.18. The SMILES string of the molecule is Cc1cc(S(=O)(=O)N(C)c2ccccc2)sc1CN. The van der Waals surface area contributed by atoms with Gasteiger partial charge in [-0.05, 0) is 30.7 Å². The summed E-state index contributed by atoms with van der Waals surface area (Å²) in [6, 6.07) is 10.7. The molecular weight excluding hydrogens is 280 g/mol. The predicted octanol–water partition coefficient (Wildman–Crippen LogP) is 2.34. The number of aryl methyl sites for hydroxylation is 1. The summed E-state index contributed by atoms with van der Waals surface area (Å²) in [4.78, 5) is 0.903. The fourth-order valence-electron chi connectivity index (χ4n) is 1.73. The van der Waals surface area contributed by atoms with E-state index in [0.717, 1.165) is 10.4 Å². The number of nitrogens with two attached hydrogens (primary N) is 1. The van der Waals surface area contributed by atoms with E-state index in [9.17, 15) is 8.42 Å². The van der Waals surface area contributed by atoms with Crippen LogP contribution in [0.1, 0.15) is 10.4 Å². The first-order valence-electron chi connectivity index (χ1n) is 5.80. The number of para-hydroxylation sites is 1. The molecule has 4 nitrogen and oxygen atoms in total. The molecule has 0 spiro atoms. The van der Waals surface area contributed by atoms with Gasteiger partial charge in [-0.2, -0.15) is 0 Å². The van der Waals surface area contributed by atoms with Crippen molar-refractivity contribution < 1.29 is 8.42 Å². The van der Waals surface area contributed by atoms with Crippen molar-refractivity contribution in [3.63, 3.8) is 0 Å². The van der Waals surface area contributed by atoms with Crippen LogP contribution in [0.4, 0.5) is 5.69 Å². The maximum absolute atomic E-state index is 12.5. The van der Waals surface area contributed by atoms with Crippen LogP contribution in [-0.2, 0) is 16.6 Å². The Morgan fingerprint density at radius 2 is 1.89 bits per heavy atom. The molecule has 1 heterocycles. The molecule has 0 unspecified atom stereocenters. The van der Waals surface area contributed by atoms with E-state index >= 15 is 0 Å². The van der Waals surface area contributed by atoms with Crippen molar-refractivity contribution in [3.05, 3.63) is 46.8 Å². The topological polar surface area (TPSA) is 63.4 Å². The third-order valence-corrected chi connectivity index (χ3v) is 6.41. The highest BCUT2D eigenvalue weighted by Crippen LogP contribution is 2.29. The highest BCUT2D eigenvalue weighted by Gasteiger charge is 2.24. The van der Waals surface area contributed by atoms with Crippen LogP contribution in [0.3, 0.4) is 0 Å². The van der Waals surface area contributed by atoms with Crippen LogP contribution in [0.25, 0.3) is 0 Å². The summed E-state index contributed by atoms with van der Waals surface area (Å²) in [6.45, 7) is 2.24. The molecule has 0 saturated heterocycles. The average molecular weight is 296 g/mol. The second kappa shape index (κ2) is 5.32. The summed E-state index contributed by atoms with van der Waals surface area (Å²) in [5.41, 5.74) is 7.16. The smallest absolute Gasteiger partial charge is 0.273 e. The molecule has 0 bridgehead atoms. The molecule has 6 heteroatoms. The zero-order valence-electron chi connectivity index (χ0n) is 10.8. The van der Waals surface area contributed by atoms with Gasteiger partial charge < -0.3 is 5.73 Å². The van der Waals surface area contributed by atoms with Gasteiger partial charge in [-0.25, -0.2) is 8.42 Å². The lowest BCUT2D eigenvalue weighted by molar-refractivity contribution is 0.596. The summed E-state index contributed by atoms with van der Waals surface area (Å²) < 4.78 is 26.6. The summed E-state index contributed by atoms with van der Waals surface area (Å²) in [6.07, 6.45) is 0. The average Bonchev–Trinajstić information content (AvgIpc) is 2.81. The molecule has 0 amide bonds. The number of hydrogen-bond acceptors (Lipinski definition) is 4. The van der Waals surface area contributed by atoms with E-state index in [1.165, 1.54) is 15.6 Å². The van der Waals surface area contributed by atoms with Crippen molar-refractivity contribution in [2.24, 2.45) is 5.73 Å². The van der Waals surface area contributed by atoms with Crippen molar-refractivity contribution in [1.82, 2.24) is 0 Å². The van der Waals surface area contributed by atoms with Crippen molar-refractivity contribution in [3.8, 4) is 0 Å². The van der Waals surface area contributed by atoms with Gasteiger partial charge in [0, 0.05) is 18.5 Å². The van der Waals surface area contributed by atoms with Crippen molar-refractivity contribution in [2.75, 3.05) is 11.4 Å². The number of rotatable bonds is 4. The molecule has 0 fully saturated rings. The Balaban J connectivity index is 2.42. The predicted molar refractivity (Wildman–Crippen MR) is 79.0 cm³/mol. The Hall–Kier alpha value is -1.37.